The molecule has 0 spiro atoms. The zero-order valence-electron chi connectivity index (χ0n) is 6.84. The van der Waals surface area contributed by atoms with E-state index in [4.69, 9.17) is 5.73 Å². The van der Waals surface area contributed by atoms with Crippen LogP contribution in [0.5, 0.6) is 0 Å². The molecule has 10 heavy (non-hydrogen) atoms. The van der Waals surface area contributed by atoms with E-state index in [1.807, 2.05) is 0 Å². The van der Waals surface area contributed by atoms with Crippen LogP contribution in [0.3, 0.4) is 0 Å². The van der Waals surface area contributed by atoms with Crippen molar-refractivity contribution in [2.24, 2.45) is 23.5 Å². The van der Waals surface area contributed by atoms with Gasteiger partial charge in [-0.25, -0.2) is 0 Å². The zero-order valence-corrected chi connectivity index (χ0v) is 7.66. The summed E-state index contributed by atoms with van der Waals surface area (Å²) < 4.78 is 0. The molecule has 0 aromatic carbocycles. The molecular formula is C8H17NS. The second-order valence-electron chi connectivity index (χ2n) is 3.44. The summed E-state index contributed by atoms with van der Waals surface area (Å²) in [4.78, 5) is 0. The maximum absolute atomic E-state index is 5.65. The van der Waals surface area contributed by atoms with E-state index in [0.717, 1.165) is 24.3 Å². The van der Waals surface area contributed by atoms with Gasteiger partial charge in [-0.2, -0.15) is 11.8 Å². The highest BCUT2D eigenvalue weighted by Gasteiger charge is 2.28. The topological polar surface area (TPSA) is 26.0 Å². The molecule has 0 aromatic heterocycles. The minimum absolute atomic E-state index is 0.796. The second-order valence-corrected chi connectivity index (χ2v) is 4.52. The summed E-state index contributed by atoms with van der Waals surface area (Å²) in [5.74, 6) is 5.13. The second kappa shape index (κ2) is 3.63. The van der Waals surface area contributed by atoms with E-state index in [-0.39, 0.29) is 0 Å². The van der Waals surface area contributed by atoms with E-state index >= 15 is 0 Å². The van der Waals surface area contributed by atoms with Crippen molar-refractivity contribution in [1.29, 1.82) is 0 Å². The third kappa shape index (κ3) is 1.67. The third-order valence-corrected chi connectivity index (χ3v) is 3.69. The molecule has 1 saturated heterocycles. The summed E-state index contributed by atoms with van der Waals surface area (Å²) in [6.45, 7) is 5.49. The molecule has 0 saturated carbocycles. The lowest BCUT2D eigenvalue weighted by atomic mass is 9.86. The molecule has 1 nitrogen and oxygen atoms in total. The van der Waals surface area contributed by atoms with Crippen molar-refractivity contribution in [3.05, 3.63) is 0 Å². The van der Waals surface area contributed by atoms with E-state index < -0.39 is 0 Å². The van der Waals surface area contributed by atoms with Crippen molar-refractivity contribution >= 4 is 11.8 Å². The first kappa shape index (κ1) is 8.41. The van der Waals surface area contributed by atoms with Crippen molar-refractivity contribution in [2.45, 2.75) is 13.8 Å². The first-order valence-electron chi connectivity index (χ1n) is 4.03. The smallest absolute Gasteiger partial charge is 0.00239 e. The highest BCUT2D eigenvalue weighted by atomic mass is 32.2. The SMILES string of the molecule is CC(C)C1CSCC1CN. The molecule has 0 amide bonds. The van der Waals surface area contributed by atoms with Crippen LogP contribution in [0.15, 0.2) is 0 Å². The third-order valence-electron chi connectivity index (χ3n) is 2.41. The molecule has 2 heteroatoms. The van der Waals surface area contributed by atoms with Gasteiger partial charge in [0.2, 0.25) is 0 Å². The van der Waals surface area contributed by atoms with Crippen molar-refractivity contribution in [3.63, 3.8) is 0 Å². The minimum Gasteiger partial charge on any atom is -0.330 e. The molecule has 2 atom stereocenters. The van der Waals surface area contributed by atoms with Crippen molar-refractivity contribution < 1.29 is 0 Å². The molecule has 0 aliphatic carbocycles. The summed E-state index contributed by atoms with van der Waals surface area (Å²) in [6.07, 6.45) is 0. The van der Waals surface area contributed by atoms with Gasteiger partial charge < -0.3 is 5.73 Å². The Bertz CT molecular complexity index is 103. The van der Waals surface area contributed by atoms with Gasteiger partial charge in [-0.15, -0.1) is 0 Å². The number of thioether (sulfide) groups is 1. The van der Waals surface area contributed by atoms with Crippen LogP contribution < -0.4 is 5.73 Å². The van der Waals surface area contributed by atoms with Gasteiger partial charge in [0.25, 0.3) is 0 Å². The van der Waals surface area contributed by atoms with Crippen LogP contribution >= 0.6 is 11.8 Å². The number of hydrogen-bond donors (Lipinski definition) is 1. The minimum atomic E-state index is 0.796. The monoisotopic (exact) mass is 159 g/mol. The molecule has 0 radical (unpaired) electrons. The van der Waals surface area contributed by atoms with E-state index in [0.29, 0.717) is 0 Å². The maximum Gasteiger partial charge on any atom is -0.00239 e. The summed E-state index contributed by atoms with van der Waals surface area (Å²) in [7, 11) is 0. The van der Waals surface area contributed by atoms with Crippen LogP contribution in [0.2, 0.25) is 0 Å². The summed E-state index contributed by atoms with van der Waals surface area (Å²) >= 11 is 2.06. The Kier molecular flexibility index (Phi) is 3.05. The Hall–Kier alpha value is 0.310. The fourth-order valence-corrected chi connectivity index (χ4v) is 3.35. The predicted octanol–water partition coefficient (Wildman–Crippen LogP) is 1.58. The first-order chi connectivity index (χ1) is 4.75. The zero-order chi connectivity index (χ0) is 7.56. The number of nitrogens with two attached hydrogens (primary N) is 1. The van der Waals surface area contributed by atoms with Crippen molar-refractivity contribution in [1.82, 2.24) is 0 Å². The van der Waals surface area contributed by atoms with Gasteiger partial charge in [0, 0.05) is 0 Å². The molecule has 1 aliphatic rings. The van der Waals surface area contributed by atoms with E-state index in [2.05, 4.69) is 25.6 Å². The predicted molar refractivity (Wildman–Crippen MR) is 48.2 cm³/mol. The standard InChI is InChI=1S/C8H17NS/c1-6(2)8-5-10-4-7(8)3-9/h6-8H,3-5,9H2,1-2H3. The fourth-order valence-electron chi connectivity index (χ4n) is 1.59. The molecular weight excluding hydrogens is 142 g/mol. The van der Waals surface area contributed by atoms with Gasteiger partial charge >= 0.3 is 0 Å². The largest absolute Gasteiger partial charge is 0.330 e. The van der Waals surface area contributed by atoms with Crippen LogP contribution in [0.4, 0.5) is 0 Å². The van der Waals surface area contributed by atoms with Gasteiger partial charge in [-0.3, -0.25) is 0 Å². The fraction of sp³-hybridized carbons (Fsp3) is 1.00. The summed E-state index contributed by atoms with van der Waals surface area (Å²) in [6, 6.07) is 0. The lowest BCUT2D eigenvalue weighted by molar-refractivity contribution is 0.327. The molecule has 1 rings (SSSR count). The average molecular weight is 159 g/mol. The van der Waals surface area contributed by atoms with Gasteiger partial charge in [-0.1, -0.05) is 13.8 Å². The van der Waals surface area contributed by atoms with Crippen molar-refractivity contribution in [2.75, 3.05) is 18.1 Å². The van der Waals surface area contributed by atoms with E-state index in [9.17, 15) is 0 Å². The van der Waals surface area contributed by atoms with Gasteiger partial charge in [-0.05, 0) is 35.8 Å². The van der Waals surface area contributed by atoms with Crippen LogP contribution in [0.25, 0.3) is 0 Å². The van der Waals surface area contributed by atoms with Crippen LogP contribution in [-0.4, -0.2) is 18.1 Å². The Balaban J connectivity index is 2.42. The normalized spacial score (nSPS) is 33.6. The summed E-state index contributed by atoms with van der Waals surface area (Å²) in [5.41, 5.74) is 5.65. The molecule has 1 heterocycles. The Morgan fingerprint density at radius 2 is 2.20 bits per heavy atom. The molecule has 1 aliphatic heterocycles. The maximum atomic E-state index is 5.65. The Morgan fingerprint density at radius 1 is 1.50 bits per heavy atom. The quantitative estimate of drug-likeness (QED) is 0.662. The first-order valence-corrected chi connectivity index (χ1v) is 5.19. The van der Waals surface area contributed by atoms with Crippen LogP contribution in [-0.2, 0) is 0 Å². The van der Waals surface area contributed by atoms with Gasteiger partial charge in [0.15, 0.2) is 0 Å². The summed E-state index contributed by atoms with van der Waals surface area (Å²) in [5, 5.41) is 0. The lowest BCUT2D eigenvalue weighted by Crippen LogP contribution is -2.25. The van der Waals surface area contributed by atoms with Crippen molar-refractivity contribution in [3.8, 4) is 0 Å². The molecule has 2 N–H and O–H groups in total. The average Bonchev–Trinajstić information content (AvgIpc) is 2.33. The molecule has 1 fully saturated rings. The van der Waals surface area contributed by atoms with E-state index in [1.165, 1.54) is 11.5 Å². The molecule has 60 valence electrons. The Labute approximate surface area is 67.8 Å². The molecule has 0 bridgehead atoms. The Morgan fingerprint density at radius 3 is 2.60 bits per heavy atom. The molecule has 2 unspecified atom stereocenters. The lowest BCUT2D eigenvalue weighted by Gasteiger charge is -2.20. The highest BCUT2D eigenvalue weighted by molar-refractivity contribution is 7.99. The van der Waals surface area contributed by atoms with Crippen LogP contribution in [0.1, 0.15) is 13.8 Å². The number of hydrogen-bond acceptors (Lipinski definition) is 2. The highest BCUT2D eigenvalue weighted by Crippen LogP contribution is 2.33. The van der Waals surface area contributed by atoms with E-state index in [1.54, 1.807) is 0 Å². The number of rotatable bonds is 2. The van der Waals surface area contributed by atoms with Crippen LogP contribution in [0, 0.1) is 17.8 Å². The molecule has 0 aromatic rings. The van der Waals surface area contributed by atoms with Gasteiger partial charge in [0.05, 0.1) is 0 Å². The van der Waals surface area contributed by atoms with Gasteiger partial charge in [0.1, 0.15) is 0 Å².